The van der Waals surface area contributed by atoms with Gasteiger partial charge in [-0.05, 0) is 29.7 Å². The van der Waals surface area contributed by atoms with Crippen molar-refractivity contribution in [3.63, 3.8) is 0 Å². The number of carbonyl (C=O) groups is 4. The highest BCUT2D eigenvalue weighted by molar-refractivity contribution is 6.10. The maximum atomic E-state index is 13.5. The summed E-state index contributed by atoms with van der Waals surface area (Å²) in [5.74, 6) is -5.87. The highest BCUT2D eigenvalue weighted by Crippen LogP contribution is 2.50. The number of hydrogen-bond acceptors (Lipinski definition) is 6. The zero-order chi connectivity index (χ0) is 25.9. The molecule has 2 heterocycles. The fourth-order valence-electron chi connectivity index (χ4n) is 5.05. The minimum absolute atomic E-state index is 0.0428. The molecule has 9 nitrogen and oxygen atoms in total. The highest BCUT2D eigenvalue weighted by Gasteiger charge is 2.68. The van der Waals surface area contributed by atoms with E-state index in [1.54, 1.807) is 36.4 Å². The van der Waals surface area contributed by atoms with E-state index >= 15 is 0 Å². The Hall–Kier alpha value is -3.98. The Morgan fingerprint density at radius 3 is 2.36 bits per heavy atom. The predicted molar refractivity (Wildman–Crippen MR) is 130 cm³/mol. The lowest BCUT2D eigenvalue weighted by Crippen LogP contribution is -2.56. The number of nitrogens with zero attached hydrogens (tertiary/aromatic N) is 1. The van der Waals surface area contributed by atoms with E-state index in [0.717, 1.165) is 16.9 Å². The largest absolute Gasteiger partial charge is 0.494 e. The second-order valence-corrected chi connectivity index (χ2v) is 8.99. The van der Waals surface area contributed by atoms with Crippen molar-refractivity contribution in [2.24, 2.45) is 11.8 Å². The van der Waals surface area contributed by atoms with Crippen LogP contribution in [0, 0.1) is 11.8 Å². The molecule has 36 heavy (non-hydrogen) atoms. The molecule has 0 bridgehead atoms. The van der Waals surface area contributed by atoms with Crippen molar-refractivity contribution in [1.29, 1.82) is 0 Å². The lowest BCUT2D eigenvalue weighted by molar-refractivity contribution is -0.155. The first-order valence-electron chi connectivity index (χ1n) is 11.8. The van der Waals surface area contributed by atoms with E-state index in [4.69, 9.17) is 4.74 Å². The Bertz CT molecular complexity index is 1180. The minimum atomic E-state index is -2.12. The van der Waals surface area contributed by atoms with Crippen LogP contribution in [-0.4, -0.2) is 57.6 Å². The first-order valence-corrected chi connectivity index (χ1v) is 11.8. The third-order valence-electron chi connectivity index (χ3n) is 6.67. The van der Waals surface area contributed by atoms with Crippen molar-refractivity contribution in [2.45, 2.75) is 31.3 Å². The van der Waals surface area contributed by atoms with Gasteiger partial charge in [-0.1, -0.05) is 61.5 Å². The molecule has 9 heteroatoms. The summed E-state index contributed by atoms with van der Waals surface area (Å²) < 4.78 is 5.60. The topological polar surface area (TPSA) is 133 Å². The van der Waals surface area contributed by atoms with Gasteiger partial charge in [0, 0.05) is 12.6 Å². The molecule has 4 unspecified atom stereocenters. The average molecular weight is 493 g/mol. The van der Waals surface area contributed by atoms with Gasteiger partial charge in [-0.3, -0.25) is 29.4 Å². The standard InChI is InChI=1S/C27H28N2O7/c1-2-15-36-19-12-10-18(11-13-19)23-21-22(27(28-23,26(34)35)16-20(30)31)25(33)29(24(21)32)14-6-9-17-7-4-3-5-8-17/h3-13,21-23,28H,2,14-16H2,1H3,(H,30,31)(H,34,35)/b9-6-. The van der Waals surface area contributed by atoms with Gasteiger partial charge in [-0.2, -0.15) is 0 Å². The highest BCUT2D eigenvalue weighted by atomic mass is 16.5. The smallest absolute Gasteiger partial charge is 0.325 e. The monoisotopic (exact) mass is 492 g/mol. The predicted octanol–water partition coefficient (Wildman–Crippen LogP) is 2.73. The van der Waals surface area contributed by atoms with Gasteiger partial charge in [0.2, 0.25) is 11.8 Å². The summed E-state index contributed by atoms with van der Waals surface area (Å²) in [5.41, 5.74) is -0.666. The molecular formula is C27H28N2O7. The SMILES string of the molecule is CCCOc1ccc(C2NC(CC(=O)O)(C(=O)O)C3C(=O)N(C/C=C\c4ccccc4)C(=O)C23)cc1. The molecule has 188 valence electrons. The van der Waals surface area contributed by atoms with E-state index < -0.39 is 53.6 Å². The number of rotatable bonds is 10. The fourth-order valence-corrected chi connectivity index (χ4v) is 5.05. The van der Waals surface area contributed by atoms with Crippen molar-refractivity contribution in [1.82, 2.24) is 10.2 Å². The van der Waals surface area contributed by atoms with Gasteiger partial charge >= 0.3 is 11.9 Å². The Morgan fingerprint density at radius 1 is 1.06 bits per heavy atom. The molecule has 2 aromatic rings. The van der Waals surface area contributed by atoms with Crippen molar-refractivity contribution in [3.8, 4) is 5.75 Å². The molecule has 3 N–H and O–H groups in total. The third kappa shape index (κ3) is 4.61. The van der Waals surface area contributed by atoms with Crippen LogP contribution in [0.25, 0.3) is 6.08 Å². The van der Waals surface area contributed by atoms with E-state index in [0.29, 0.717) is 17.9 Å². The number of likely N-dealkylation sites (tertiary alicyclic amines) is 1. The molecule has 2 aliphatic heterocycles. The Labute approximate surface area is 208 Å². The summed E-state index contributed by atoms with van der Waals surface area (Å²) in [5, 5.41) is 22.5. The second kappa shape index (κ2) is 10.3. The van der Waals surface area contributed by atoms with Crippen molar-refractivity contribution < 1.29 is 34.1 Å². The van der Waals surface area contributed by atoms with Gasteiger partial charge in [0.1, 0.15) is 11.3 Å². The number of fused-ring (bicyclic) bond motifs is 1. The van der Waals surface area contributed by atoms with Crippen LogP contribution in [0.4, 0.5) is 0 Å². The van der Waals surface area contributed by atoms with Crippen LogP contribution < -0.4 is 10.1 Å². The van der Waals surface area contributed by atoms with Crippen LogP contribution in [0.15, 0.2) is 60.7 Å². The minimum Gasteiger partial charge on any atom is -0.494 e. The summed E-state index contributed by atoms with van der Waals surface area (Å²) >= 11 is 0. The first-order chi connectivity index (χ1) is 17.3. The number of carboxylic acids is 2. The van der Waals surface area contributed by atoms with E-state index in [2.05, 4.69) is 5.32 Å². The van der Waals surface area contributed by atoms with Gasteiger partial charge < -0.3 is 14.9 Å². The number of nitrogens with one attached hydrogen (secondary N) is 1. The van der Waals surface area contributed by atoms with Gasteiger partial charge in [-0.25, -0.2) is 0 Å². The Balaban J connectivity index is 1.67. The number of carboxylic acid groups (broad SMARTS) is 2. The summed E-state index contributed by atoms with van der Waals surface area (Å²) in [4.78, 5) is 52.1. The van der Waals surface area contributed by atoms with Crippen molar-refractivity contribution in [2.75, 3.05) is 13.2 Å². The average Bonchev–Trinajstić information content (AvgIpc) is 3.33. The summed E-state index contributed by atoms with van der Waals surface area (Å²) in [6.07, 6.45) is 3.41. The van der Waals surface area contributed by atoms with E-state index in [1.807, 2.05) is 37.3 Å². The molecule has 2 saturated heterocycles. The molecule has 2 aromatic carbocycles. The van der Waals surface area contributed by atoms with Crippen LogP contribution in [0.1, 0.15) is 36.9 Å². The van der Waals surface area contributed by atoms with Crippen LogP contribution in [0.5, 0.6) is 5.75 Å². The van der Waals surface area contributed by atoms with Crippen LogP contribution in [0.3, 0.4) is 0 Å². The van der Waals surface area contributed by atoms with Crippen LogP contribution >= 0.6 is 0 Å². The number of aliphatic carboxylic acids is 2. The molecule has 2 aliphatic rings. The number of ether oxygens (including phenoxy) is 1. The summed E-state index contributed by atoms with van der Waals surface area (Å²) in [6, 6.07) is 15.3. The molecular weight excluding hydrogens is 464 g/mol. The van der Waals surface area contributed by atoms with E-state index in [9.17, 15) is 29.4 Å². The van der Waals surface area contributed by atoms with Gasteiger partial charge in [0.25, 0.3) is 0 Å². The van der Waals surface area contributed by atoms with Crippen molar-refractivity contribution in [3.05, 3.63) is 71.8 Å². The molecule has 0 aromatic heterocycles. The maximum absolute atomic E-state index is 13.5. The molecule has 0 radical (unpaired) electrons. The Kier molecular flexibility index (Phi) is 7.21. The van der Waals surface area contributed by atoms with Gasteiger partial charge in [0.15, 0.2) is 0 Å². The van der Waals surface area contributed by atoms with Gasteiger partial charge in [0.05, 0.1) is 24.9 Å². The number of hydrogen-bond donors (Lipinski definition) is 3. The molecule has 2 fully saturated rings. The second-order valence-electron chi connectivity index (χ2n) is 8.99. The summed E-state index contributed by atoms with van der Waals surface area (Å²) in [7, 11) is 0. The molecule has 4 rings (SSSR count). The number of amides is 2. The molecule has 0 aliphatic carbocycles. The fraction of sp³-hybridized carbons (Fsp3) is 0.333. The normalized spacial score (nSPS) is 25.4. The van der Waals surface area contributed by atoms with Crippen LogP contribution in [-0.2, 0) is 19.2 Å². The number of imide groups is 1. The zero-order valence-electron chi connectivity index (χ0n) is 19.8. The van der Waals surface area contributed by atoms with Crippen molar-refractivity contribution >= 4 is 29.8 Å². The number of benzene rings is 2. The quantitative estimate of drug-likeness (QED) is 0.431. The molecule has 4 atom stereocenters. The van der Waals surface area contributed by atoms with Crippen LogP contribution in [0.2, 0.25) is 0 Å². The van der Waals surface area contributed by atoms with E-state index in [-0.39, 0.29) is 6.54 Å². The molecule has 0 spiro atoms. The number of carbonyl (C=O) groups excluding carboxylic acids is 2. The third-order valence-corrected chi connectivity index (χ3v) is 6.67. The lowest BCUT2D eigenvalue weighted by Gasteiger charge is -2.29. The molecule has 0 saturated carbocycles. The molecule has 2 amide bonds. The summed E-state index contributed by atoms with van der Waals surface area (Å²) in [6.45, 7) is 2.47. The van der Waals surface area contributed by atoms with E-state index in [1.165, 1.54) is 0 Å². The first kappa shape index (κ1) is 25.1. The lowest BCUT2D eigenvalue weighted by atomic mass is 9.77. The maximum Gasteiger partial charge on any atom is 0.325 e. The Morgan fingerprint density at radius 2 is 1.75 bits per heavy atom. The zero-order valence-corrected chi connectivity index (χ0v) is 19.8. The van der Waals surface area contributed by atoms with Gasteiger partial charge in [-0.15, -0.1) is 0 Å².